The molecule has 2 aromatic heterocycles. The standard InChI is InChI=1S/C24H25N5O2/c1-4-5-22(28-15(2)3)23-20(13-27-29-23)17-6-7-21-18(8-17)9-19(12-26-21)24(30)31-14-16-10-25-11-16/h4-9,12-13,16,25H,1,10-11,14H2,2-3H3,(H,27,29)/b22-5-. The number of nitrogens with one attached hydrogen (secondary N) is 2. The van der Waals surface area contributed by atoms with Gasteiger partial charge in [-0.05, 0) is 43.7 Å². The third-order valence-corrected chi connectivity index (χ3v) is 5.06. The number of carbonyl (C=O) groups is 1. The van der Waals surface area contributed by atoms with Crippen molar-refractivity contribution in [2.75, 3.05) is 19.7 Å². The van der Waals surface area contributed by atoms with Crippen LogP contribution in [0, 0.1) is 5.92 Å². The summed E-state index contributed by atoms with van der Waals surface area (Å²) in [5.74, 6) is 0.0513. The van der Waals surface area contributed by atoms with E-state index in [9.17, 15) is 4.79 Å². The summed E-state index contributed by atoms with van der Waals surface area (Å²) in [7, 11) is 0. The van der Waals surface area contributed by atoms with Crippen molar-refractivity contribution in [1.82, 2.24) is 20.5 Å². The number of rotatable bonds is 7. The molecule has 0 atom stereocenters. The van der Waals surface area contributed by atoms with Gasteiger partial charge < -0.3 is 10.1 Å². The quantitative estimate of drug-likeness (QED) is 0.346. The predicted molar refractivity (Wildman–Crippen MR) is 123 cm³/mol. The van der Waals surface area contributed by atoms with Gasteiger partial charge in [-0.3, -0.25) is 15.1 Å². The number of aliphatic imine (C=N–C) groups is 1. The number of hydrogen-bond donors (Lipinski definition) is 2. The Bertz CT molecular complexity index is 1180. The summed E-state index contributed by atoms with van der Waals surface area (Å²) in [6.07, 6.45) is 6.88. The molecule has 0 bridgehead atoms. The molecule has 0 unspecified atom stereocenters. The summed E-state index contributed by atoms with van der Waals surface area (Å²) in [4.78, 5) is 21.5. The zero-order valence-electron chi connectivity index (χ0n) is 17.7. The molecule has 0 saturated carbocycles. The molecule has 3 heterocycles. The molecular weight excluding hydrogens is 390 g/mol. The van der Waals surface area contributed by atoms with Crippen LogP contribution >= 0.6 is 0 Å². The highest BCUT2D eigenvalue weighted by Crippen LogP contribution is 2.30. The molecule has 1 fully saturated rings. The number of pyridine rings is 1. The van der Waals surface area contributed by atoms with Crippen LogP contribution in [0.3, 0.4) is 0 Å². The minimum Gasteiger partial charge on any atom is -0.462 e. The average molecular weight is 415 g/mol. The Kier molecular flexibility index (Phi) is 6.04. The maximum Gasteiger partial charge on any atom is 0.339 e. The van der Waals surface area contributed by atoms with Gasteiger partial charge in [0, 0.05) is 41.9 Å². The van der Waals surface area contributed by atoms with Crippen LogP contribution < -0.4 is 5.32 Å². The van der Waals surface area contributed by atoms with Gasteiger partial charge in [0.2, 0.25) is 0 Å². The van der Waals surface area contributed by atoms with Crippen molar-refractivity contribution in [1.29, 1.82) is 0 Å². The molecule has 0 radical (unpaired) electrons. The van der Waals surface area contributed by atoms with Gasteiger partial charge in [0.25, 0.3) is 0 Å². The molecule has 1 aliphatic heterocycles. The number of benzene rings is 1. The van der Waals surface area contributed by atoms with Crippen LogP contribution in [0.25, 0.3) is 27.7 Å². The molecular formula is C24H25N5O2. The topological polar surface area (TPSA) is 92.3 Å². The molecule has 7 heteroatoms. The second kappa shape index (κ2) is 9.06. The van der Waals surface area contributed by atoms with Gasteiger partial charge in [0.1, 0.15) is 0 Å². The number of H-pyrrole nitrogens is 1. The summed E-state index contributed by atoms with van der Waals surface area (Å²) < 4.78 is 5.43. The summed E-state index contributed by atoms with van der Waals surface area (Å²) in [6.45, 7) is 9.88. The number of carbonyl (C=O) groups excluding carboxylic acids is 1. The fraction of sp³-hybridized carbons (Fsp3) is 0.250. The number of aromatic amines is 1. The van der Waals surface area contributed by atoms with Gasteiger partial charge in [0.15, 0.2) is 0 Å². The molecule has 158 valence electrons. The predicted octanol–water partition coefficient (Wildman–Crippen LogP) is 4.01. The Labute approximate surface area is 181 Å². The van der Waals surface area contributed by atoms with E-state index in [-0.39, 0.29) is 5.97 Å². The lowest BCUT2D eigenvalue weighted by Crippen LogP contribution is -2.44. The molecule has 0 spiro atoms. The van der Waals surface area contributed by atoms with Crippen LogP contribution in [0.1, 0.15) is 29.9 Å². The van der Waals surface area contributed by atoms with Gasteiger partial charge in [-0.2, -0.15) is 5.10 Å². The van der Waals surface area contributed by atoms with E-state index in [1.807, 2.05) is 44.2 Å². The minimum atomic E-state index is -0.348. The zero-order valence-corrected chi connectivity index (χ0v) is 17.7. The molecule has 4 rings (SSSR count). The Morgan fingerprint density at radius 1 is 1.29 bits per heavy atom. The maximum absolute atomic E-state index is 12.4. The first kappa shape index (κ1) is 20.7. The lowest BCUT2D eigenvalue weighted by molar-refractivity contribution is 0.0397. The number of esters is 1. The van der Waals surface area contributed by atoms with Crippen LogP contribution in [0.15, 0.2) is 60.4 Å². The Balaban J connectivity index is 1.66. The number of fused-ring (bicyclic) bond motifs is 1. The largest absolute Gasteiger partial charge is 0.462 e. The second-order valence-corrected chi connectivity index (χ2v) is 7.76. The van der Waals surface area contributed by atoms with E-state index in [4.69, 9.17) is 4.74 Å². The van der Waals surface area contributed by atoms with Gasteiger partial charge in [-0.1, -0.05) is 18.7 Å². The van der Waals surface area contributed by atoms with Crippen molar-refractivity contribution in [3.8, 4) is 11.1 Å². The third kappa shape index (κ3) is 4.62. The van der Waals surface area contributed by atoms with E-state index in [1.54, 1.807) is 18.5 Å². The number of nitrogens with zero attached hydrogens (tertiary/aromatic N) is 3. The van der Waals surface area contributed by atoms with Crippen LogP contribution in [-0.4, -0.2) is 46.6 Å². The van der Waals surface area contributed by atoms with Crippen molar-refractivity contribution >= 4 is 28.3 Å². The highest BCUT2D eigenvalue weighted by molar-refractivity contribution is 5.95. The Hall–Kier alpha value is -3.58. The van der Waals surface area contributed by atoms with E-state index in [0.717, 1.165) is 52.2 Å². The van der Waals surface area contributed by atoms with Gasteiger partial charge >= 0.3 is 5.97 Å². The van der Waals surface area contributed by atoms with Crippen LogP contribution in [0.2, 0.25) is 0 Å². The molecule has 7 nitrogen and oxygen atoms in total. The first-order chi connectivity index (χ1) is 15.0. The Morgan fingerprint density at radius 2 is 2.13 bits per heavy atom. The molecule has 1 saturated heterocycles. The smallest absolute Gasteiger partial charge is 0.339 e. The number of aromatic nitrogens is 3. The van der Waals surface area contributed by atoms with Crippen LogP contribution in [0.5, 0.6) is 0 Å². The van der Waals surface area contributed by atoms with E-state index in [2.05, 4.69) is 32.1 Å². The molecule has 31 heavy (non-hydrogen) atoms. The average Bonchev–Trinajstić information content (AvgIpc) is 3.21. The highest BCUT2D eigenvalue weighted by atomic mass is 16.5. The third-order valence-electron chi connectivity index (χ3n) is 5.06. The summed E-state index contributed by atoms with van der Waals surface area (Å²) in [5, 5.41) is 11.3. The van der Waals surface area contributed by atoms with Gasteiger partial charge in [-0.15, -0.1) is 0 Å². The van der Waals surface area contributed by atoms with E-state index in [1.165, 1.54) is 0 Å². The van der Waals surface area contributed by atoms with Crippen molar-refractivity contribution in [2.24, 2.45) is 10.9 Å². The first-order valence-corrected chi connectivity index (χ1v) is 10.2. The minimum absolute atomic E-state index is 0.348. The highest BCUT2D eigenvalue weighted by Gasteiger charge is 2.19. The number of hydrogen-bond acceptors (Lipinski definition) is 6. The Morgan fingerprint density at radius 3 is 2.84 bits per heavy atom. The van der Waals surface area contributed by atoms with E-state index >= 15 is 0 Å². The lowest BCUT2D eigenvalue weighted by atomic mass is 10.0. The molecule has 1 aromatic carbocycles. The van der Waals surface area contributed by atoms with Crippen molar-refractivity contribution in [3.63, 3.8) is 0 Å². The molecule has 1 aliphatic rings. The second-order valence-electron chi connectivity index (χ2n) is 7.76. The summed E-state index contributed by atoms with van der Waals surface area (Å²) >= 11 is 0. The fourth-order valence-corrected chi connectivity index (χ4v) is 3.38. The number of ether oxygens (including phenoxy) is 1. The molecule has 2 N–H and O–H groups in total. The van der Waals surface area contributed by atoms with Crippen molar-refractivity contribution in [3.05, 3.63) is 66.6 Å². The fourth-order valence-electron chi connectivity index (χ4n) is 3.38. The molecule has 0 aliphatic carbocycles. The van der Waals surface area contributed by atoms with E-state index < -0.39 is 0 Å². The summed E-state index contributed by atoms with van der Waals surface area (Å²) in [6, 6.07) is 7.74. The van der Waals surface area contributed by atoms with Crippen molar-refractivity contribution < 1.29 is 9.53 Å². The SMILES string of the molecule is C=C/C=C(\N=C(C)C)c1[nH]ncc1-c1ccc2ncc(C(=O)OCC3CNC3)cc2c1. The van der Waals surface area contributed by atoms with Crippen LogP contribution in [-0.2, 0) is 4.74 Å². The van der Waals surface area contributed by atoms with Crippen LogP contribution in [0.4, 0.5) is 0 Å². The van der Waals surface area contributed by atoms with Gasteiger partial charge in [-0.25, -0.2) is 4.79 Å². The molecule has 0 amide bonds. The maximum atomic E-state index is 12.4. The zero-order chi connectivity index (χ0) is 21.8. The monoisotopic (exact) mass is 415 g/mol. The van der Waals surface area contributed by atoms with E-state index in [0.29, 0.717) is 18.1 Å². The lowest BCUT2D eigenvalue weighted by Gasteiger charge is -2.26. The van der Waals surface area contributed by atoms with Gasteiger partial charge in [0.05, 0.1) is 35.3 Å². The first-order valence-electron chi connectivity index (χ1n) is 10.2. The normalized spacial score (nSPS) is 14.2. The molecule has 3 aromatic rings. The van der Waals surface area contributed by atoms with Crippen molar-refractivity contribution in [2.45, 2.75) is 13.8 Å². The summed E-state index contributed by atoms with van der Waals surface area (Å²) in [5.41, 5.74) is 5.59. The number of allylic oxidation sites excluding steroid dienone is 2.